The molecule has 170 valence electrons. The molecule has 2 aromatic carbocycles. The number of hydrogen-bond acceptors (Lipinski definition) is 7. The van der Waals surface area contributed by atoms with Gasteiger partial charge in [0.25, 0.3) is 5.91 Å². The summed E-state index contributed by atoms with van der Waals surface area (Å²) in [5, 5.41) is 1.55. The van der Waals surface area contributed by atoms with Crippen molar-refractivity contribution in [3.8, 4) is 5.75 Å². The molecule has 2 amide bonds. The lowest BCUT2D eigenvalue weighted by Crippen LogP contribution is -2.43. The van der Waals surface area contributed by atoms with E-state index >= 15 is 0 Å². The zero-order chi connectivity index (χ0) is 23.7. The molecule has 10 heteroatoms. The third-order valence-electron chi connectivity index (χ3n) is 5.08. The normalized spacial score (nSPS) is 13.2. The summed E-state index contributed by atoms with van der Waals surface area (Å²) in [6.45, 7) is 0. The van der Waals surface area contributed by atoms with Gasteiger partial charge < -0.3 is 9.47 Å². The van der Waals surface area contributed by atoms with Gasteiger partial charge in [0.2, 0.25) is 5.91 Å². The Bertz CT molecular complexity index is 1270. The number of carbonyl (C=O) groups excluding carboxylic acids is 3. The average molecular weight is 490 g/mol. The number of thioether (sulfide) groups is 1. The first-order chi connectivity index (χ1) is 15.8. The fourth-order valence-electron chi connectivity index (χ4n) is 3.49. The molecule has 1 aliphatic rings. The van der Waals surface area contributed by atoms with Crippen LogP contribution in [0.4, 0.5) is 14.5 Å². The van der Waals surface area contributed by atoms with Crippen molar-refractivity contribution in [2.45, 2.75) is 17.1 Å². The van der Waals surface area contributed by atoms with Crippen molar-refractivity contribution < 1.29 is 32.6 Å². The van der Waals surface area contributed by atoms with E-state index < -0.39 is 29.4 Å². The summed E-state index contributed by atoms with van der Waals surface area (Å²) in [6.07, 6.45) is -0.155. The molecule has 0 radical (unpaired) electrons. The van der Waals surface area contributed by atoms with Gasteiger partial charge in [0.05, 0.1) is 31.9 Å². The maximum atomic E-state index is 14.7. The molecule has 0 unspecified atom stereocenters. The van der Waals surface area contributed by atoms with Crippen LogP contribution in [0, 0.1) is 11.6 Å². The van der Waals surface area contributed by atoms with E-state index in [1.807, 2.05) is 0 Å². The third-order valence-corrected chi connectivity index (χ3v) is 7.11. The molecule has 0 saturated carbocycles. The second-order valence-corrected chi connectivity index (χ2v) is 8.92. The monoisotopic (exact) mass is 489 g/mol. The van der Waals surface area contributed by atoms with Crippen molar-refractivity contribution >= 4 is 46.6 Å². The first-order valence-electron chi connectivity index (χ1n) is 9.65. The number of hydrogen-bond donors (Lipinski definition) is 0. The second-order valence-electron chi connectivity index (χ2n) is 6.99. The smallest absolute Gasteiger partial charge is 0.348 e. The summed E-state index contributed by atoms with van der Waals surface area (Å²) >= 11 is 2.20. The summed E-state index contributed by atoms with van der Waals surface area (Å²) < 4.78 is 38.9. The largest absolute Gasteiger partial charge is 0.496 e. The quantitative estimate of drug-likeness (QED) is 0.280. The Kier molecular flexibility index (Phi) is 6.48. The van der Waals surface area contributed by atoms with Crippen LogP contribution in [0.25, 0.3) is 0 Å². The number of fused-ring (bicyclic) bond motifs is 1. The summed E-state index contributed by atoms with van der Waals surface area (Å²) in [5.41, 5.74) is 0.555. The molecule has 3 aromatic rings. The topological polar surface area (TPSA) is 72.9 Å². The van der Waals surface area contributed by atoms with Crippen LogP contribution < -0.4 is 9.64 Å². The highest BCUT2D eigenvalue weighted by Crippen LogP contribution is 2.36. The lowest BCUT2D eigenvalue weighted by Gasteiger charge is -2.26. The number of anilines is 1. The first kappa shape index (κ1) is 22.9. The van der Waals surface area contributed by atoms with Gasteiger partial charge >= 0.3 is 5.97 Å². The molecule has 0 N–H and O–H groups in total. The fraction of sp³-hybridized carbons (Fsp3) is 0.174. The highest BCUT2D eigenvalue weighted by atomic mass is 32.2. The molecule has 4 rings (SSSR count). The minimum atomic E-state index is -0.792. The number of halogens is 2. The van der Waals surface area contributed by atoms with Gasteiger partial charge in [-0.3, -0.25) is 9.59 Å². The number of benzene rings is 2. The zero-order valence-electron chi connectivity index (χ0n) is 17.5. The van der Waals surface area contributed by atoms with E-state index in [9.17, 15) is 23.2 Å². The molecule has 0 bridgehead atoms. The van der Waals surface area contributed by atoms with E-state index in [4.69, 9.17) is 9.47 Å². The van der Waals surface area contributed by atoms with Gasteiger partial charge in [0.15, 0.2) is 0 Å². The van der Waals surface area contributed by atoms with Crippen molar-refractivity contribution in [2.24, 2.45) is 0 Å². The van der Waals surface area contributed by atoms with Crippen LogP contribution in [0.2, 0.25) is 0 Å². The number of methoxy groups -OCH3 is 2. The van der Waals surface area contributed by atoms with Crippen molar-refractivity contribution in [3.63, 3.8) is 0 Å². The average Bonchev–Trinajstić information content (AvgIpc) is 3.23. The molecular weight excluding hydrogens is 472 g/mol. The van der Waals surface area contributed by atoms with Gasteiger partial charge in [-0.2, -0.15) is 0 Å². The number of ether oxygens (including phenoxy) is 2. The number of thiophene rings is 1. The maximum Gasteiger partial charge on any atom is 0.348 e. The molecule has 33 heavy (non-hydrogen) atoms. The van der Waals surface area contributed by atoms with E-state index in [0.717, 1.165) is 22.3 Å². The Morgan fingerprint density at radius 3 is 2.67 bits per heavy atom. The van der Waals surface area contributed by atoms with E-state index in [-0.39, 0.29) is 28.3 Å². The van der Waals surface area contributed by atoms with E-state index in [2.05, 4.69) is 0 Å². The maximum absolute atomic E-state index is 14.7. The highest BCUT2D eigenvalue weighted by Gasteiger charge is 2.38. The van der Waals surface area contributed by atoms with Gasteiger partial charge in [-0.05, 0) is 41.3 Å². The molecule has 0 saturated heterocycles. The molecule has 0 aliphatic carbocycles. The predicted octanol–water partition coefficient (Wildman–Crippen LogP) is 4.84. The van der Waals surface area contributed by atoms with Gasteiger partial charge in [-0.1, -0.05) is 6.07 Å². The number of rotatable bonds is 6. The van der Waals surface area contributed by atoms with Gasteiger partial charge in [-0.25, -0.2) is 18.5 Å². The number of carbonyl (C=O) groups is 3. The molecule has 1 aromatic heterocycles. The number of nitrogens with zero attached hydrogens (tertiary/aromatic N) is 1. The summed E-state index contributed by atoms with van der Waals surface area (Å²) in [4.78, 5) is 39.3. The second kappa shape index (κ2) is 9.32. The van der Waals surface area contributed by atoms with Crippen molar-refractivity contribution in [1.29, 1.82) is 0 Å². The third kappa shape index (κ3) is 4.23. The summed E-state index contributed by atoms with van der Waals surface area (Å²) in [5.74, 6) is -2.75. The van der Waals surface area contributed by atoms with Crippen LogP contribution in [0.5, 0.6) is 5.75 Å². The number of amides is 2. The van der Waals surface area contributed by atoms with E-state index in [1.165, 1.54) is 50.2 Å². The Hall–Kier alpha value is -3.24. The predicted molar refractivity (Wildman–Crippen MR) is 120 cm³/mol. The van der Waals surface area contributed by atoms with Crippen molar-refractivity contribution in [2.75, 3.05) is 19.1 Å². The number of esters is 1. The highest BCUT2D eigenvalue weighted by molar-refractivity contribution is 7.98. The lowest BCUT2D eigenvalue weighted by molar-refractivity contribution is -0.117. The molecule has 0 fully saturated rings. The number of imide groups is 1. The Morgan fingerprint density at radius 1 is 1.15 bits per heavy atom. The molecule has 2 heterocycles. The standard InChI is InChI=1S/C23H17F2NO5S2/c1-30-18-5-3-4-15(24)14(18)11-32-13-6-7-16(25)17(9-13)26-19(27)8-12-10-33-21(23(29)31-2)20(12)22(26)28/h3-7,9-10H,8,11H2,1-2H3. The van der Waals surface area contributed by atoms with Crippen LogP contribution in [-0.2, 0) is 21.7 Å². The van der Waals surface area contributed by atoms with E-state index in [1.54, 1.807) is 11.4 Å². The molecular formula is C23H17F2NO5S2. The molecule has 6 nitrogen and oxygen atoms in total. The van der Waals surface area contributed by atoms with Gasteiger partial charge in [0, 0.05) is 16.2 Å². The van der Waals surface area contributed by atoms with Crippen molar-refractivity contribution in [1.82, 2.24) is 0 Å². The lowest BCUT2D eigenvalue weighted by atomic mass is 10.0. The van der Waals surface area contributed by atoms with Crippen LogP contribution in [0.3, 0.4) is 0 Å². The SMILES string of the molecule is COC(=O)c1scc2c1C(=O)N(c1cc(SCc3c(F)cccc3OC)ccc1F)C(=O)C2. The summed E-state index contributed by atoms with van der Waals surface area (Å²) in [6, 6.07) is 8.46. The van der Waals surface area contributed by atoms with Crippen LogP contribution in [-0.4, -0.2) is 32.0 Å². The molecule has 0 atom stereocenters. The molecule has 1 aliphatic heterocycles. The summed E-state index contributed by atoms with van der Waals surface area (Å²) in [7, 11) is 2.63. The molecule has 0 spiro atoms. The van der Waals surface area contributed by atoms with Crippen LogP contribution >= 0.6 is 23.1 Å². The van der Waals surface area contributed by atoms with Crippen molar-refractivity contribution in [3.05, 3.63) is 75.0 Å². The Balaban J connectivity index is 1.66. The minimum Gasteiger partial charge on any atom is -0.496 e. The van der Waals surface area contributed by atoms with Crippen LogP contribution in [0.15, 0.2) is 46.7 Å². The van der Waals surface area contributed by atoms with Crippen LogP contribution in [0.1, 0.15) is 31.2 Å². The van der Waals surface area contributed by atoms with Gasteiger partial charge in [-0.15, -0.1) is 23.1 Å². The fourth-order valence-corrected chi connectivity index (χ4v) is 5.42. The Labute approximate surface area is 196 Å². The van der Waals surface area contributed by atoms with Gasteiger partial charge in [0.1, 0.15) is 22.3 Å². The zero-order valence-corrected chi connectivity index (χ0v) is 19.1. The van der Waals surface area contributed by atoms with E-state index in [0.29, 0.717) is 21.8 Å². The first-order valence-corrected chi connectivity index (χ1v) is 11.5. The minimum absolute atomic E-state index is 0.0417. The Morgan fingerprint density at radius 2 is 1.94 bits per heavy atom.